The second-order valence-electron chi connectivity index (χ2n) is 6.61. The van der Waals surface area contributed by atoms with E-state index in [1.54, 1.807) is 41.3 Å². The zero-order valence-corrected chi connectivity index (χ0v) is 14.8. The smallest absolute Gasteiger partial charge is 0.336 e. The van der Waals surface area contributed by atoms with Crippen LogP contribution in [0.2, 0.25) is 0 Å². The molecule has 6 nitrogen and oxygen atoms in total. The van der Waals surface area contributed by atoms with Gasteiger partial charge in [-0.1, -0.05) is 0 Å². The Morgan fingerprint density at radius 3 is 2.56 bits per heavy atom. The Bertz CT molecular complexity index is 1100. The normalized spacial score (nSPS) is 14.0. The number of rotatable bonds is 3. The van der Waals surface area contributed by atoms with Crippen molar-refractivity contribution in [1.82, 2.24) is 0 Å². The van der Waals surface area contributed by atoms with Crippen molar-refractivity contribution in [3.05, 3.63) is 70.1 Å². The maximum absolute atomic E-state index is 12.5. The maximum Gasteiger partial charge on any atom is 0.336 e. The number of carbonyl (C=O) groups excluding carboxylic acids is 2. The number of anilines is 2. The van der Waals surface area contributed by atoms with Gasteiger partial charge in [-0.05, 0) is 55.3 Å². The highest BCUT2D eigenvalue weighted by atomic mass is 16.4. The van der Waals surface area contributed by atoms with Gasteiger partial charge >= 0.3 is 5.63 Å². The molecule has 6 heteroatoms. The molecule has 2 aromatic carbocycles. The van der Waals surface area contributed by atoms with E-state index in [1.807, 2.05) is 13.0 Å². The summed E-state index contributed by atoms with van der Waals surface area (Å²) in [6, 6.07) is 13.6. The monoisotopic (exact) mass is 362 g/mol. The first-order valence-electron chi connectivity index (χ1n) is 8.77. The minimum Gasteiger partial charge on any atom is -0.423 e. The quantitative estimate of drug-likeness (QED) is 0.724. The Morgan fingerprint density at radius 2 is 1.85 bits per heavy atom. The predicted octanol–water partition coefficient (Wildman–Crippen LogP) is 3.48. The van der Waals surface area contributed by atoms with Crippen molar-refractivity contribution in [3.63, 3.8) is 0 Å². The molecule has 1 aromatic heterocycles. The van der Waals surface area contributed by atoms with Crippen LogP contribution in [0.1, 0.15) is 28.8 Å². The second kappa shape index (κ2) is 6.72. The molecule has 1 aliphatic heterocycles. The molecule has 1 fully saturated rings. The van der Waals surface area contributed by atoms with Crippen LogP contribution in [0.25, 0.3) is 11.0 Å². The molecule has 0 unspecified atom stereocenters. The van der Waals surface area contributed by atoms with Crippen molar-refractivity contribution >= 4 is 34.2 Å². The highest BCUT2D eigenvalue weighted by Gasteiger charge is 2.21. The Kier molecular flexibility index (Phi) is 4.24. The lowest BCUT2D eigenvalue weighted by atomic mass is 10.1. The highest BCUT2D eigenvalue weighted by molar-refractivity contribution is 6.05. The molecular weight excluding hydrogens is 344 g/mol. The van der Waals surface area contributed by atoms with Crippen LogP contribution in [0, 0.1) is 6.92 Å². The number of nitrogens with zero attached hydrogens (tertiary/aromatic N) is 1. The van der Waals surface area contributed by atoms with E-state index < -0.39 is 5.63 Å². The third-order valence-electron chi connectivity index (χ3n) is 4.72. The average molecular weight is 362 g/mol. The van der Waals surface area contributed by atoms with E-state index in [9.17, 15) is 14.4 Å². The molecular formula is C21H18N2O4. The number of benzene rings is 2. The van der Waals surface area contributed by atoms with Gasteiger partial charge in [0.05, 0.1) is 0 Å². The Morgan fingerprint density at radius 1 is 1.07 bits per heavy atom. The SMILES string of the molecule is Cc1cc(=O)oc2cc(NC(=O)c3ccc(N4CCCC4=O)cc3)ccc12. The molecule has 0 radical (unpaired) electrons. The first-order valence-corrected chi connectivity index (χ1v) is 8.77. The summed E-state index contributed by atoms with van der Waals surface area (Å²) < 4.78 is 5.21. The summed E-state index contributed by atoms with van der Waals surface area (Å²) >= 11 is 0. The molecule has 1 aliphatic rings. The van der Waals surface area contributed by atoms with Crippen molar-refractivity contribution in [2.45, 2.75) is 19.8 Å². The van der Waals surface area contributed by atoms with Gasteiger partial charge in [0.25, 0.3) is 5.91 Å². The van der Waals surface area contributed by atoms with Gasteiger partial charge in [0, 0.05) is 47.4 Å². The van der Waals surface area contributed by atoms with E-state index in [0.29, 0.717) is 29.8 Å². The van der Waals surface area contributed by atoms with E-state index in [4.69, 9.17) is 4.42 Å². The minimum absolute atomic E-state index is 0.111. The summed E-state index contributed by atoms with van der Waals surface area (Å²) in [5.74, 6) is -0.163. The van der Waals surface area contributed by atoms with Crippen LogP contribution in [-0.4, -0.2) is 18.4 Å². The molecule has 0 spiro atoms. The molecule has 1 N–H and O–H groups in total. The molecule has 0 saturated carbocycles. The third kappa shape index (κ3) is 3.33. The van der Waals surface area contributed by atoms with Crippen LogP contribution in [-0.2, 0) is 4.79 Å². The Hall–Kier alpha value is -3.41. The lowest BCUT2D eigenvalue weighted by Crippen LogP contribution is -2.23. The number of hydrogen-bond acceptors (Lipinski definition) is 4. The van der Waals surface area contributed by atoms with Gasteiger partial charge in [0.1, 0.15) is 5.58 Å². The first-order chi connectivity index (χ1) is 13.0. The average Bonchev–Trinajstić information content (AvgIpc) is 3.07. The van der Waals surface area contributed by atoms with Crippen molar-refractivity contribution in [2.75, 3.05) is 16.8 Å². The standard InChI is InChI=1S/C21H18N2O4/c1-13-11-20(25)27-18-12-15(6-9-17(13)18)22-21(26)14-4-7-16(8-5-14)23-10-2-3-19(23)24/h4-9,11-12H,2-3,10H2,1H3,(H,22,26). The molecule has 4 rings (SSSR count). The van der Waals surface area contributed by atoms with Crippen LogP contribution < -0.4 is 15.8 Å². The lowest BCUT2D eigenvalue weighted by Gasteiger charge is -2.15. The van der Waals surface area contributed by atoms with Gasteiger partial charge in [0.2, 0.25) is 5.91 Å². The molecule has 2 heterocycles. The summed E-state index contributed by atoms with van der Waals surface area (Å²) in [7, 11) is 0. The molecule has 0 atom stereocenters. The van der Waals surface area contributed by atoms with E-state index in [2.05, 4.69) is 5.32 Å². The fraction of sp³-hybridized carbons (Fsp3) is 0.190. The number of aryl methyl sites for hydroxylation is 1. The number of hydrogen-bond donors (Lipinski definition) is 1. The summed E-state index contributed by atoms with van der Waals surface area (Å²) in [6.07, 6.45) is 1.43. The molecule has 136 valence electrons. The van der Waals surface area contributed by atoms with Gasteiger partial charge < -0.3 is 14.6 Å². The number of amides is 2. The molecule has 3 aromatic rings. The van der Waals surface area contributed by atoms with Gasteiger partial charge in [-0.3, -0.25) is 9.59 Å². The molecule has 0 aliphatic carbocycles. The van der Waals surface area contributed by atoms with Crippen molar-refractivity contribution in [1.29, 1.82) is 0 Å². The van der Waals surface area contributed by atoms with Gasteiger partial charge in [-0.25, -0.2) is 4.79 Å². The van der Waals surface area contributed by atoms with Gasteiger partial charge in [0.15, 0.2) is 0 Å². The maximum atomic E-state index is 12.5. The van der Waals surface area contributed by atoms with E-state index >= 15 is 0 Å². The summed E-state index contributed by atoms with van der Waals surface area (Å²) in [6.45, 7) is 2.55. The minimum atomic E-state index is -0.421. The van der Waals surface area contributed by atoms with Crippen LogP contribution in [0.15, 0.2) is 57.7 Å². The summed E-state index contributed by atoms with van der Waals surface area (Å²) in [5, 5.41) is 3.63. The topological polar surface area (TPSA) is 79.6 Å². The van der Waals surface area contributed by atoms with E-state index in [0.717, 1.165) is 23.1 Å². The number of fused-ring (bicyclic) bond motifs is 1. The highest BCUT2D eigenvalue weighted by Crippen LogP contribution is 2.23. The van der Waals surface area contributed by atoms with Crippen LogP contribution in [0.5, 0.6) is 0 Å². The summed E-state index contributed by atoms with van der Waals surface area (Å²) in [5.41, 5.74) is 2.66. The predicted molar refractivity (Wildman–Crippen MR) is 103 cm³/mol. The fourth-order valence-electron chi connectivity index (χ4n) is 3.32. The zero-order valence-electron chi connectivity index (χ0n) is 14.8. The molecule has 27 heavy (non-hydrogen) atoms. The van der Waals surface area contributed by atoms with Crippen molar-refractivity contribution < 1.29 is 14.0 Å². The molecule has 1 saturated heterocycles. The third-order valence-corrected chi connectivity index (χ3v) is 4.72. The first kappa shape index (κ1) is 17.0. The molecule has 0 bridgehead atoms. The fourth-order valence-corrected chi connectivity index (χ4v) is 3.32. The second-order valence-corrected chi connectivity index (χ2v) is 6.61. The van der Waals surface area contributed by atoms with Crippen LogP contribution >= 0.6 is 0 Å². The van der Waals surface area contributed by atoms with Crippen molar-refractivity contribution in [2.24, 2.45) is 0 Å². The number of carbonyl (C=O) groups is 2. The molecule has 2 amide bonds. The van der Waals surface area contributed by atoms with Gasteiger partial charge in [-0.15, -0.1) is 0 Å². The largest absolute Gasteiger partial charge is 0.423 e. The van der Waals surface area contributed by atoms with Crippen molar-refractivity contribution in [3.8, 4) is 0 Å². The van der Waals surface area contributed by atoms with E-state index in [1.165, 1.54) is 6.07 Å². The van der Waals surface area contributed by atoms with Crippen LogP contribution in [0.3, 0.4) is 0 Å². The van der Waals surface area contributed by atoms with Gasteiger partial charge in [-0.2, -0.15) is 0 Å². The Labute approximate surface area is 155 Å². The number of nitrogens with one attached hydrogen (secondary N) is 1. The summed E-state index contributed by atoms with van der Waals surface area (Å²) in [4.78, 5) is 37.6. The Balaban J connectivity index is 1.54. The lowest BCUT2D eigenvalue weighted by molar-refractivity contribution is -0.117. The van der Waals surface area contributed by atoms with Crippen LogP contribution in [0.4, 0.5) is 11.4 Å². The zero-order chi connectivity index (χ0) is 19.0. The van der Waals surface area contributed by atoms with E-state index in [-0.39, 0.29) is 11.8 Å².